The SMILES string of the molecule is C#C/C=C\C[C@@H]1CC[C@H](CC/C(O)=C\O)[C@@H]2CCCN12. The van der Waals surface area contributed by atoms with Gasteiger partial charge in [0, 0.05) is 18.5 Å². The summed E-state index contributed by atoms with van der Waals surface area (Å²) in [5.74, 6) is 3.31. The third-order valence-corrected chi connectivity index (χ3v) is 4.77. The summed E-state index contributed by atoms with van der Waals surface area (Å²) in [4.78, 5) is 2.65. The fraction of sp³-hybridized carbons (Fsp3) is 0.647. The fourth-order valence-electron chi connectivity index (χ4n) is 3.82. The predicted octanol–water partition coefficient (Wildman–Crippen LogP) is 3.55. The van der Waals surface area contributed by atoms with Crippen molar-refractivity contribution in [1.29, 1.82) is 0 Å². The van der Waals surface area contributed by atoms with Crippen LogP contribution in [0.25, 0.3) is 0 Å². The molecule has 0 aromatic heterocycles. The third kappa shape index (κ3) is 3.58. The Bertz CT molecular complexity index is 408. The van der Waals surface area contributed by atoms with Gasteiger partial charge in [-0.3, -0.25) is 4.90 Å². The molecule has 0 aromatic carbocycles. The zero-order valence-electron chi connectivity index (χ0n) is 12.0. The maximum atomic E-state index is 9.39. The van der Waals surface area contributed by atoms with E-state index < -0.39 is 0 Å². The molecule has 2 aliphatic rings. The normalized spacial score (nSPS) is 31.4. The number of aliphatic hydroxyl groups excluding tert-OH is 2. The molecule has 0 unspecified atom stereocenters. The molecule has 110 valence electrons. The second-order valence-corrected chi connectivity index (χ2v) is 5.90. The molecule has 0 aliphatic carbocycles. The largest absolute Gasteiger partial charge is 0.512 e. The highest BCUT2D eigenvalue weighted by Gasteiger charge is 2.38. The Morgan fingerprint density at radius 3 is 2.95 bits per heavy atom. The van der Waals surface area contributed by atoms with E-state index in [1.54, 1.807) is 6.08 Å². The van der Waals surface area contributed by atoms with Crippen molar-refractivity contribution < 1.29 is 10.2 Å². The van der Waals surface area contributed by atoms with Gasteiger partial charge >= 0.3 is 0 Å². The van der Waals surface area contributed by atoms with Crippen molar-refractivity contribution in [3.8, 4) is 12.3 Å². The zero-order valence-corrected chi connectivity index (χ0v) is 12.0. The number of hydrogen-bond acceptors (Lipinski definition) is 3. The highest BCUT2D eigenvalue weighted by Crippen LogP contribution is 2.38. The summed E-state index contributed by atoms with van der Waals surface area (Å²) in [6.07, 6.45) is 17.6. The van der Waals surface area contributed by atoms with Crippen molar-refractivity contribution in [3.63, 3.8) is 0 Å². The number of piperidine rings is 1. The van der Waals surface area contributed by atoms with E-state index >= 15 is 0 Å². The van der Waals surface area contributed by atoms with Crippen LogP contribution in [0.3, 0.4) is 0 Å². The molecular weight excluding hydrogens is 250 g/mol. The molecule has 0 saturated carbocycles. The van der Waals surface area contributed by atoms with Crippen LogP contribution in [0, 0.1) is 18.3 Å². The molecular formula is C17H25NO2. The van der Waals surface area contributed by atoms with Crippen LogP contribution in [-0.2, 0) is 0 Å². The van der Waals surface area contributed by atoms with Gasteiger partial charge in [-0.05, 0) is 57.1 Å². The van der Waals surface area contributed by atoms with E-state index in [1.807, 2.05) is 0 Å². The first kappa shape index (κ1) is 15.0. The lowest BCUT2D eigenvalue weighted by Crippen LogP contribution is -2.47. The number of nitrogens with zero attached hydrogens (tertiary/aromatic N) is 1. The molecule has 3 atom stereocenters. The number of fused-ring (bicyclic) bond motifs is 1. The Morgan fingerprint density at radius 1 is 1.35 bits per heavy atom. The van der Waals surface area contributed by atoms with E-state index in [2.05, 4.69) is 16.9 Å². The van der Waals surface area contributed by atoms with Crippen molar-refractivity contribution in [3.05, 3.63) is 24.2 Å². The maximum absolute atomic E-state index is 9.39. The predicted molar refractivity (Wildman–Crippen MR) is 81.4 cm³/mol. The molecule has 0 bridgehead atoms. The number of allylic oxidation sites excluding steroid dienone is 2. The first-order valence-electron chi connectivity index (χ1n) is 7.65. The van der Waals surface area contributed by atoms with Crippen molar-refractivity contribution in [2.24, 2.45) is 5.92 Å². The lowest BCUT2D eigenvalue weighted by Gasteiger charge is -2.42. The Hall–Kier alpha value is -1.40. The molecule has 0 aromatic rings. The highest BCUT2D eigenvalue weighted by atomic mass is 16.3. The molecule has 3 nitrogen and oxygen atoms in total. The lowest BCUT2D eigenvalue weighted by atomic mass is 9.82. The molecule has 3 heteroatoms. The van der Waals surface area contributed by atoms with E-state index in [-0.39, 0.29) is 5.76 Å². The molecule has 0 amide bonds. The van der Waals surface area contributed by atoms with Crippen LogP contribution >= 0.6 is 0 Å². The lowest BCUT2D eigenvalue weighted by molar-refractivity contribution is 0.0699. The van der Waals surface area contributed by atoms with Gasteiger partial charge in [-0.2, -0.15) is 0 Å². The Balaban J connectivity index is 1.91. The molecule has 2 heterocycles. The van der Waals surface area contributed by atoms with Crippen LogP contribution < -0.4 is 0 Å². The van der Waals surface area contributed by atoms with Crippen molar-refractivity contribution in [2.45, 2.75) is 57.0 Å². The van der Waals surface area contributed by atoms with Gasteiger partial charge in [-0.1, -0.05) is 12.0 Å². The number of terminal acetylenes is 1. The van der Waals surface area contributed by atoms with E-state index in [9.17, 15) is 5.11 Å². The first-order chi connectivity index (χ1) is 9.76. The van der Waals surface area contributed by atoms with Gasteiger partial charge in [0.05, 0.1) is 0 Å². The smallest absolute Gasteiger partial charge is 0.126 e. The summed E-state index contributed by atoms with van der Waals surface area (Å²) in [5, 5.41) is 18.2. The second kappa shape index (κ2) is 7.40. The summed E-state index contributed by atoms with van der Waals surface area (Å²) < 4.78 is 0. The molecule has 2 saturated heterocycles. The standard InChI is InChI=1S/C17H25NO2/c1-2-3-4-6-15-10-8-14(9-11-16(20)13-19)17-7-5-12-18(15)17/h1,3-4,13-15,17,19-20H,5-12H2/b4-3-,16-13+/t14-,15-,17+/m1/s1. The number of aliphatic hydroxyl groups is 2. The highest BCUT2D eigenvalue weighted by molar-refractivity contribution is 5.10. The minimum Gasteiger partial charge on any atom is -0.512 e. The summed E-state index contributed by atoms with van der Waals surface area (Å²) in [7, 11) is 0. The first-order valence-corrected chi connectivity index (χ1v) is 7.65. The minimum atomic E-state index is 0.105. The van der Waals surface area contributed by atoms with Crippen molar-refractivity contribution in [2.75, 3.05) is 6.54 Å². The molecule has 2 fully saturated rings. The average Bonchev–Trinajstić information content (AvgIpc) is 2.95. The van der Waals surface area contributed by atoms with Crippen molar-refractivity contribution in [1.82, 2.24) is 4.90 Å². The molecule has 20 heavy (non-hydrogen) atoms. The van der Waals surface area contributed by atoms with Crippen LogP contribution in [0.4, 0.5) is 0 Å². The van der Waals surface area contributed by atoms with E-state index in [4.69, 9.17) is 11.5 Å². The van der Waals surface area contributed by atoms with Gasteiger partial charge in [0.15, 0.2) is 0 Å². The summed E-state index contributed by atoms with van der Waals surface area (Å²) in [6, 6.07) is 1.28. The maximum Gasteiger partial charge on any atom is 0.126 e. The molecule has 2 rings (SSSR count). The molecule has 0 spiro atoms. The van der Waals surface area contributed by atoms with Crippen molar-refractivity contribution >= 4 is 0 Å². The van der Waals surface area contributed by atoms with E-state index in [0.29, 0.717) is 24.4 Å². The third-order valence-electron chi connectivity index (χ3n) is 4.77. The van der Waals surface area contributed by atoms with Gasteiger partial charge in [0.25, 0.3) is 0 Å². The molecule has 2 N–H and O–H groups in total. The Labute approximate surface area is 122 Å². The molecule has 2 aliphatic heterocycles. The van der Waals surface area contributed by atoms with Gasteiger partial charge < -0.3 is 10.2 Å². The summed E-state index contributed by atoms with van der Waals surface area (Å²) in [6.45, 7) is 1.19. The zero-order chi connectivity index (χ0) is 14.4. The van der Waals surface area contributed by atoms with Crippen LogP contribution in [0.5, 0.6) is 0 Å². The number of rotatable bonds is 5. The second-order valence-electron chi connectivity index (χ2n) is 5.90. The van der Waals surface area contributed by atoms with Crippen LogP contribution in [0.2, 0.25) is 0 Å². The van der Waals surface area contributed by atoms with Gasteiger partial charge in [0.1, 0.15) is 12.0 Å². The van der Waals surface area contributed by atoms with Crippen LogP contribution in [0.1, 0.15) is 44.9 Å². The summed E-state index contributed by atoms with van der Waals surface area (Å²) in [5.41, 5.74) is 0. The van der Waals surface area contributed by atoms with Crippen LogP contribution in [-0.4, -0.2) is 33.7 Å². The monoisotopic (exact) mass is 275 g/mol. The van der Waals surface area contributed by atoms with E-state index in [1.165, 1.54) is 32.2 Å². The quantitative estimate of drug-likeness (QED) is 0.596. The van der Waals surface area contributed by atoms with E-state index in [0.717, 1.165) is 19.1 Å². The minimum absolute atomic E-state index is 0.105. The summed E-state index contributed by atoms with van der Waals surface area (Å²) >= 11 is 0. The van der Waals surface area contributed by atoms with Crippen LogP contribution in [0.15, 0.2) is 24.2 Å². The molecule has 0 radical (unpaired) electrons. The Morgan fingerprint density at radius 2 is 2.20 bits per heavy atom. The number of hydrogen-bond donors (Lipinski definition) is 2. The van der Waals surface area contributed by atoms with Gasteiger partial charge in [-0.25, -0.2) is 0 Å². The average molecular weight is 275 g/mol. The van der Waals surface area contributed by atoms with Gasteiger partial charge in [0.2, 0.25) is 0 Å². The topological polar surface area (TPSA) is 43.7 Å². The Kier molecular flexibility index (Phi) is 5.55. The fourth-order valence-corrected chi connectivity index (χ4v) is 3.82. The van der Waals surface area contributed by atoms with Gasteiger partial charge in [-0.15, -0.1) is 6.42 Å².